The van der Waals surface area contributed by atoms with Crippen molar-refractivity contribution in [3.8, 4) is 11.6 Å². The highest BCUT2D eigenvalue weighted by molar-refractivity contribution is 5.99. The molecule has 2 aromatic heterocycles. The van der Waals surface area contributed by atoms with Gasteiger partial charge in [-0.3, -0.25) is 4.90 Å². The van der Waals surface area contributed by atoms with Gasteiger partial charge in [-0.2, -0.15) is 0 Å². The van der Waals surface area contributed by atoms with E-state index in [1.54, 1.807) is 0 Å². The van der Waals surface area contributed by atoms with Crippen LogP contribution in [-0.2, 0) is 6.54 Å². The molecule has 1 saturated carbocycles. The molecule has 0 unspecified atom stereocenters. The van der Waals surface area contributed by atoms with Crippen molar-refractivity contribution in [1.29, 1.82) is 0 Å². The Hall–Kier alpha value is -3.32. The Balaban J connectivity index is 1.25. The smallest absolute Gasteiger partial charge is 0.268 e. The summed E-state index contributed by atoms with van der Waals surface area (Å²) in [5, 5.41) is 19.7. The number of hydrogen-bond acceptors (Lipinski definition) is 7. The number of aromatic nitrogens is 4. The SMILES string of the molecule is c1ccc(CN2CCN(c3nnc(-c4nnc(C5CC5)o4)c4ccccc34)CC2)cc1. The number of anilines is 1. The Morgan fingerprint density at radius 2 is 1.52 bits per heavy atom. The zero-order chi connectivity index (χ0) is 20.6. The Kier molecular flexibility index (Phi) is 4.61. The lowest BCUT2D eigenvalue weighted by molar-refractivity contribution is 0.249. The largest absolute Gasteiger partial charge is 0.419 e. The fraction of sp³-hybridized carbons (Fsp3) is 0.333. The Morgan fingerprint density at radius 1 is 0.774 bits per heavy atom. The second-order valence-corrected chi connectivity index (χ2v) is 8.39. The summed E-state index contributed by atoms with van der Waals surface area (Å²) in [5.41, 5.74) is 2.03. The quantitative estimate of drug-likeness (QED) is 0.493. The van der Waals surface area contributed by atoms with E-state index in [0.29, 0.717) is 17.5 Å². The van der Waals surface area contributed by atoms with Crippen molar-refractivity contribution in [2.24, 2.45) is 0 Å². The molecule has 1 saturated heterocycles. The Morgan fingerprint density at radius 3 is 2.29 bits per heavy atom. The topological polar surface area (TPSA) is 71.2 Å². The van der Waals surface area contributed by atoms with Gasteiger partial charge in [0.1, 0.15) is 0 Å². The summed E-state index contributed by atoms with van der Waals surface area (Å²) < 4.78 is 5.91. The lowest BCUT2D eigenvalue weighted by Crippen LogP contribution is -2.46. The molecule has 7 nitrogen and oxygen atoms in total. The summed E-state index contributed by atoms with van der Waals surface area (Å²) in [7, 11) is 0. The van der Waals surface area contributed by atoms with Crippen LogP contribution < -0.4 is 4.90 Å². The van der Waals surface area contributed by atoms with Crippen molar-refractivity contribution in [1.82, 2.24) is 25.3 Å². The van der Waals surface area contributed by atoms with Crippen molar-refractivity contribution in [2.45, 2.75) is 25.3 Å². The standard InChI is InChI=1S/C24H24N6O/c1-2-6-17(7-3-1)16-29-12-14-30(15-13-29)22-20-9-5-4-8-19(20)21(25-26-22)24-28-27-23(31-24)18-10-11-18/h1-9,18H,10-16H2. The second kappa shape index (κ2) is 7.74. The summed E-state index contributed by atoms with van der Waals surface area (Å²) in [6.45, 7) is 4.84. The highest BCUT2D eigenvalue weighted by Gasteiger charge is 2.30. The van der Waals surface area contributed by atoms with Crippen LogP contribution in [0.3, 0.4) is 0 Å². The molecule has 156 valence electrons. The van der Waals surface area contributed by atoms with Crippen LogP contribution in [0.4, 0.5) is 5.82 Å². The first-order chi connectivity index (χ1) is 15.3. The van der Waals surface area contributed by atoms with E-state index in [2.05, 4.69) is 72.7 Å². The van der Waals surface area contributed by atoms with Crippen molar-refractivity contribution >= 4 is 16.6 Å². The zero-order valence-corrected chi connectivity index (χ0v) is 17.3. The molecular weight excluding hydrogens is 388 g/mol. The third-order valence-electron chi connectivity index (χ3n) is 6.16. The van der Waals surface area contributed by atoms with E-state index < -0.39 is 0 Å². The molecule has 4 aromatic rings. The third kappa shape index (κ3) is 3.65. The highest BCUT2D eigenvalue weighted by Crippen LogP contribution is 2.40. The van der Waals surface area contributed by atoms with E-state index in [-0.39, 0.29) is 0 Å². The summed E-state index contributed by atoms with van der Waals surface area (Å²) in [6, 6.07) is 18.9. The van der Waals surface area contributed by atoms with Crippen LogP contribution in [0.5, 0.6) is 0 Å². The van der Waals surface area contributed by atoms with E-state index in [4.69, 9.17) is 4.42 Å². The molecule has 0 bridgehead atoms. The molecule has 1 aliphatic carbocycles. The van der Waals surface area contributed by atoms with Crippen LogP contribution in [0.1, 0.15) is 30.2 Å². The van der Waals surface area contributed by atoms with Gasteiger partial charge in [-0.1, -0.05) is 54.6 Å². The van der Waals surface area contributed by atoms with Gasteiger partial charge in [0, 0.05) is 49.4 Å². The monoisotopic (exact) mass is 412 g/mol. The van der Waals surface area contributed by atoms with Crippen molar-refractivity contribution < 1.29 is 4.42 Å². The molecule has 0 spiro atoms. The molecule has 0 N–H and O–H groups in total. The molecule has 3 heterocycles. The van der Waals surface area contributed by atoms with Crippen LogP contribution in [0, 0.1) is 0 Å². The molecule has 0 atom stereocenters. The van der Waals surface area contributed by atoms with Gasteiger partial charge in [-0.15, -0.1) is 20.4 Å². The molecule has 6 rings (SSSR count). The fourth-order valence-electron chi connectivity index (χ4n) is 4.27. The van der Waals surface area contributed by atoms with Crippen LogP contribution in [-0.4, -0.2) is 51.5 Å². The molecule has 1 aliphatic heterocycles. The van der Waals surface area contributed by atoms with Crippen LogP contribution >= 0.6 is 0 Å². The van der Waals surface area contributed by atoms with Gasteiger partial charge in [0.05, 0.1) is 0 Å². The minimum Gasteiger partial charge on any atom is -0.419 e. The average Bonchev–Trinajstić information content (AvgIpc) is 3.56. The first kappa shape index (κ1) is 18.4. The van der Waals surface area contributed by atoms with Gasteiger partial charge in [0.15, 0.2) is 11.5 Å². The van der Waals surface area contributed by atoms with Gasteiger partial charge < -0.3 is 9.32 Å². The Bertz CT molecular complexity index is 1200. The van der Waals surface area contributed by atoms with Crippen LogP contribution in [0.15, 0.2) is 59.0 Å². The number of nitrogens with zero attached hydrogens (tertiary/aromatic N) is 6. The number of piperazine rings is 1. The van der Waals surface area contributed by atoms with Crippen molar-refractivity contribution in [3.63, 3.8) is 0 Å². The normalized spacial score (nSPS) is 17.4. The van der Waals surface area contributed by atoms with Gasteiger partial charge in [0.25, 0.3) is 5.89 Å². The van der Waals surface area contributed by atoms with Gasteiger partial charge in [-0.25, -0.2) is 0 Å². The first-order valence-electron chi connectivity index (χ1n) is 11.0. The molecule has 0 amide bonds. The molecule has 2 aliphatic rings. The highest BCUT2D eigenvalue weighted by atomic mass is 16.4. The average molecular weight is 412 g/mol. The molecule has 31 heavy (non-hydrogen) atoms. The van der Waals surface area contributed by atoms with Crippen LogP contribution in [0.25, 0.3) is 22.4 Å². The third-order valence-corrected chi connectivity index (χ3v) is 6.16. The fourth-order valence-corrected chi connectivity index (χ4v) is 4.27. The van der Waals surface area contributed by atoms with Crippen molar-refractivity contribution in [2.75, 3.05) is 31.1 Å². The molecule has 2 aromatic carbocycles. The molecule has 7 heteroatoms. The number of fused-ring (bicyclic) bond motifs is 1. The lowest BCUT2D eigenvalue weighted by Gasteiger charge is -2.35. The maximum atomic E-state index is 5.91. The minimum atomic E-state index is 0.423. The van der Waals surface area contributed by atoms with E-state index in [9.17, 15) is 0 Å². The maximum absolute atomic E-state index is 5.91. The molecule has 2 fully saturated rings. The van der Waals surface area contributed by atoms with Crippen LogP contribution in [0.2, 0.25) is 0 Å². The number of hydrogen-bond donors (Lipinski definition) is 0. The summed E-state index contributed by atoms with van der Waals surface area (Å²) in [6.07, 6.45) is 2.26. The first-order valence-corrected chi connectivity index (χ1v) is 11.0. The van der Waals surface area contributed by atoms with Gasteiger partial charge >= 0.3 is 0 Å². The van der Waals surface area contributed by atoms with E-state index in [1.807, 2.05) is 12.1 Å². The van der Waals surface area contributed by atoms with E-state index in [0.717, 1.165) is 68.0 Å². The summed E-state index contributed by atoms with van der Waals surface area (Å²) in [5.74, 6) is 2.54. The van der Waals surface area contributed by atoms with E-state index >= 15 is 0 Å². The van der Waals surface area contributed by atoms with Gasteiger partial charge in [0.2, 0.25) is 5.89 Å². The Labute approximate surface area is 180 Å². The van der Waals surface area contributed by atoms with E-state index in [1.165, 1.54) is 5.56 Å². The lowest BCUT2D eigenvalue weighted by atomic mass is 10.1. The number of rotatable bonds is 5. The molecular formula is C24H24N6O. The van der Waals surface area contributed by atoms with Crippen molar-refractivity contribution in [3.05, 3.63) is 66.1 Å². The summed E-state index contributed by atoms with van der Waals surface area (Å²) in [4.78, 5) is 4.83. The summed E-state index contributed by atoms with van der Waals surface area (Å²) >= 11 is 0. The second-order valence-electron chi connectivity index (χ2n) is 8.39. The minimum absolute atomic E-state index is 0.423. The predicted molar refractivity (Wildman–Crippen MR) is 119 cm³/mol. The van der Waals surface area contributed by atoms with Gasteiger partial charge in [-0.05, 0) is 18.4 Å². The molecule has 0 radical (unpaired) electrons. The number of benzene rings is 2. The maximum Gasteiger partial charge on any atom is 0.268 e. The zero-order valence-electron chi connectivity index (χ0n) is 17.3. The predicted octanol–water partition coefficient (Wildman–Crippen LogP) is 3.88.